The summed E-state index contributed by atoms with van der Waals surface area (Å²) in [7, 11) is 0. The number of rotatable bonds is 10. The Hall–Kier alpha value is -2.46. The summed E-state index contributed by atoms with van der Waals surface area (Å²) >= 11 is 0. The summed E-state index contributed by atoms with van der Waals surface area (Å²) in [4.78, 5) is 23.1. The Morgan fingerprint density at radius 1 is 1.22 bits per heavy atom. The highest BCUT2D eigenvalue weighted by atomic mass is 16.6. The van der Waals surface area contributed by atoms with Crippen LogP contribution in [0, 0.1) is 29.6 Å². The van der Waals surface area contributed by atoms with Gasteiger partial charge in [0.05, 0.1) is 5.92 Å². The lowest BCUT2D eigenvalue weighted by molar-refractivity contribution is -0.150. The van der Waals surface area contributed by atoms with Crippen LogP contribution in [0.4, 0.5) is 0 Å². The minimum atomic E-state index is -0.453. The quantitative estimate of drug-likeness (QED) is 0.248. The Labute approximate surface area is 163 Å². The zero-order chi connectivity index (χ0) is 19.9. The number of unbranched alkanes of at least 4 members (excludes halogenated alkanes) is 5. The van der Waals surface area contributed by atoms with Crippen molar-refractivity contribution < 1.29 is 19.1 Å². The molecule has 0 amide bonds. The lowest BCUT2D eigenvalue weighted by atomic mass is 9.94. The van der Waals surface area contributed by atoms with E-state index in [9.17, 15) is 9.59 Å². The van der Waals surface area contributed by atoms with Gasteiger partial charge in [0.1, 0.15) is 6.10 Å². The monoisotopic (exact) mass is 370 g/mol. The van der Waals surface area contributed by atoms with Gasteiger partial charge in [0.15, 0.2) is 6.10 Å². The van der Waals surface area contributed by atoms with Crippen LogP contribution >= 0.6 is 0 Å². The molecule has 1 saturated heterocycles. The highest BCUT2D eigenvalue weighted by Crippen LogP contribution is 2.29. The first-order valence-electron chi connectivity index (χ1n) is 9.68. The second kappa shape index (κ2) is 13.7. The van der Waals surface area contributed by atoms with E-state index in [0.717, 1.165) is 44.9 Å². The third-order valence-electron chi connectivity index (χ3n) is 4.29. The van der Waals surface area contributed by atoms with Crippen LogP contribution in [0.5, 0.6) is 0 Å². The molecule has 1 aliphatic rings. The van der Waals surface area contributed by atoms with E-state index in [0.29, 0.717) is 6.42 Å². The number of esters is 2. The summed E-state index contributed by atoms with van der Waals surface area (Å²) in [6.45, 7) is 6.79. The summed E-state index contributed by atoms with van der Waals surface area (Å²) < 4.78 is 10.5. The molecular weight excluding hydrogens is 340 g/mol. The molecule has 1 heterocycles. The molecule has 0 aromatic rings. The molecule has 0 radical (unpaired) electrons. The van der Waals surface area contributed by atoms with Gasteiger partial charge in [-0.2, -0.15) is 0 Å². The van der Waals surface area contributed by atoms with Gasteiger partial charge in [0.2, 0.25) is 0 Å². The Bertz CT molecular complexity index is 639. The van der Waals surface area contributed by atoms with Crippen LogP contribution in [0.25, 0.3) is 0 Å². The molecule has 27 heavy (non-hydrogen) atoms. The maximum absolute atomic E-state index is 11.9. The van der Waals surface area contributed by atoms with Gasteiger partial charge in [0.25, 0.3) is 0 Å². The van der Waals surface area contributed by atoms with Crippen molar-refractivity contribution in [2.45, 2.75) is 77.4 Å². The second-order valence-corrected chi connectivity index (χ2v) is 6.61. The molecule has 3 atom stereocenters. The van der Waals surface area contributed by atoms with Crippen molar-refractivity contribution in [2.75, 3.05) is 0 Å². The van der Waals surface area contributed by atoms with Crippen LogP contribution in [-0.4, -0.2) is 24.1 Å². The van der Waals surface area contributed by atoms with Crippen LogP contribution < -0.4 is 0 Å². The van der Waals surface area contributed by atoms with E-state index < -0.39 is 6.10 Å². The number of ether oxygens (including phenoxy) is 2. The summed E-state index contributed by atoms with van der Waals surface area (Å²) in [6.07, 6.45) is 12.4. The van der Waals surface area contributed by atoms with Gasteiger partial charge in [-0.3, -0.25) is 9.59 Å². The van der Waals surface area contributed by atoms with Gasteiger partial charge in [-0.05, 0) is 50.5 Å². The molecule has 1 rings (SSSR count). The number of hydrogen-bond donors (Lipinski definition) is 0. The van der Waals surface area contributed by atoms with Crippen molar-refractivity contribution in [3.63, 3.8) is 0 Å². The summed E-state index contributed by atoms with van der Waals surface area (Å²) in [5, 5.41) is 0. The van der Waals surface area contributed by atoms with Gasteiger partial charge in [-0.25, -0.2) is 0 Å². The van der Waals surface area contributed by atoms with Crippen molar-refractivity contribution >= 4 is 11.9 Å². The van der Waals surface area contributed by atoms with Crippen molar-refractivity contribution in [3.05, 3.63) is 24.8 Å². The summed E-state index contributed by atoms with van der Waals surface area (Å²) in [6, 6.07) is 0. The Morgan fingerprint density at radius 3 is 2.74 bits per heavy atom. The SMILES string of the molecule is C=CCC/C=C\C#CC#CCCCCCC[C@H]1C(=O)O[C@H](C)[C@@H]1OC(C)=O. The zero-order valence-electron chi connectivity index (χ0n) is 16.5. The lowest BCUT2D eigenvalue weighted by Crippen LogP contribution is -2.30. The Morgan fingerprint density at radius 2 is 2.00 bits per heavy atom. The highest BCUT2D eigenvalue weighted by Gasteiger charge is 2.44. The number of allylic oxidation sites excluding steroid dienone is 3. The molecule has 146 valence electrons. The summed E-state index contributed by atoms with van der Waals surface area (Å²) in [5.74, 6) is 10.7. The van der Waals surface area contributed by atoms with Gasteiger partial charge >= 0.3 is 11.9 Å². The topological polar surface area (TPSA) is 52.6 Å². The molecule has 0 unspecified atom stereocenters. The molecule has 4 nitrogen and oxygen atoms in total. The molecule has 0 N–H and O–H groups in total. The van der Waals surface area contributed by atoms with Crippen molar-refractivity contribution in [1.82, 2.24) is 0 Å². The Kier molecular flexibility index (Phi) is 11.5. The van der Waals surface area contributed by atoms with Crippen LogP contribution in [0.3, 0.4) is 0 Å². The molecule has 0 aliphatic carbocycles. The van der Waals surface area contributed by atoms with Crippen LogP contribution in [0.1, 0.15) is 65.2 Å². The molecule has 0 saturated carbocycles. The molecule has 4 heteroatoms. The predicted molar refractivity (Wildman–Crippen MR) is 106 cm³/mol. The molecule has 1 fully saturated rings. The fourth-order valence-corrected chi connectivity index (χ4v) is 2.92. The van der Waals surface area contributed by atoms with E-state index in [4.69, 9.17) is 9.47 Å². The maximum atomic E-state index is 11.9. The third kappa shape index (κ3) is 9.71. The van der Waals surface area contributed by atoms with Crippen LogP contribution in [-0.2, 0) is 19.1 Å². The maximum Gasteiger partial charge on any atom is 0.313 e. The number of carbonyl (C=O) groups excluding carboxylic acids is 2. The number of carbonyl (C=O) groups is 2. The minimum absolute atomic E-state index is 0.253. The first-order valence-corrected chi connectivity index (χ1v) is 9.68. The van der Waals surface area contributed by atoms with E-state index in [1.54, 1.807) is 6.92 Å². The van der Waals surface area contributed by atoms with Crippen molar-refractivity contribution in [3.8, 4) is 23.7 Å². The van der Waals surface area contributed by atoms with Gasteiger partial charge in [-0.1, -0.05) is 43.3 Å². The summed E-state index contributed by atoms with van der Waals surface area (Å²) in [5.41, 5.74) is 0. The minimum Gasteiger partial charge on any atom is -0.458 e. The standard InChI is InChI=1S/C23H30O4/c1-4-5-6-7-8-9-10-11-12-13-14-15-16-17-18-21-22(27-20(3)24)19(2)26-23(21)25/h4,7-8,19,21-22H,1,5-6,13-18H2,2-3H3/b8-7-/t19-,21-,22+/m1/s1. The first-order chi connectivity index (χ1) is 13.1. The molecule has 0 bridgehead atoms. The van der Waals surface area contributed by atoms with Crippen LogP contribution in [0.15, 0.2) is 24.8 Å². The van der Waals surface area contributed by atoms with Gasteiger partial charge in [-0.15, -0.1) is 6.58 Å². The van der Waals surface area contributed by atoms with Crippen LogP contribution in [0.2, 0.25) is 0 Å². The van der Waals surface area contributed by atoms with E-state index in [2.05, 4.69) is 30.3 Å². The third-order valence-corrected chi connectivity index (χ3v) is 4.29. The average molecular weight is 370 g/mol. The lowest BCUT2D eigenvalue weighted by Gasteiger charge is -2.18. The molecular formula is C23H30O4. The zero-order valence-corrected chi connectivity index (χ0v) is 16.5. The van der Waals surface area contributed by atoms with Crippen molar-refractivity contribution in [2.24, 2.45) is 5.92 Å². The van der Waals surface area contributed by atoms with Gasteiger partial charge in [0, 0.05) is 13.3 Å². The van der Waals surface area contributed by atoms with E-state index >= 15 is 0 Å². The van der Waals surface area contributed by atoms with E-state index in [-0.39, 0.29) is 24.0 Å². The van der Waals surface area contributed by atoms with E-state index in [1.165, 1.54) is 6.92 Å². The normalized spacial score (nSPS) is 21.0. The molecule has 1 aliphatic heterocycles. The molecule has 0 spiro atoms. The predicted octanol–water partition coefficient (Wildman–Crippen LogP) is 4.35. The second-order valence-electron chi connectivity index (χ2n) is 6.61. The number of cyclic esters (lactones) is 1. The molecule has 0 aromatic carbocycles. The largest absolute Gasteiger partial charge is 0.458 e. The fourth-order valence-electron chi connectivity index (χ4n) is 2.92. The average Bonchev–Trinajstić information content (AvgIpc) is 2.88. The van der Waals surface area contributed by atoms with Crippen molar-refractivity contribution in [1.29, 1.82) is 0 Å². The Balaban J connectivity index is 2.15. The number of hydrogen-bond acceptors (Lipinski definition) is 4. The smallest absolute Gasteiger partial charge is 0.313 e. The molecule has 0 aromatic heterocycles. The van der Waals surface area contributed by atoms with Gasteiger partial charge < -0.3 is 9.47 Å². The fraction of sp³-hybridized carbons (Fsp3) is 0.565. The highest BCUT2D eigenvalue weighted by molar-refractivity contribution is 5.76. The van der Waals surface area contributed by atoms with E-state index in [1.807, 2.05) is 18.2 Å². The first kappa shape index (κ1) is 22.6.